The van der Waals surface area contributed by atoms with Crippen molar-refractivity contribution >= 4 is 28.0 Å². The number of anilines is 2. The molecular formula is C16H17N5O2. The molecule has 23 heavy (non-hydrogen) atoms. The largest absolute Gasteiger partial charge is 0.351 e. The van der Waals surface area contributed by atoms with Crippen molar-refractivity contribution in [2.45, 2.75) is 20.4 Å². The third-order valence-electron chi connectivity index (χ3n) is 3.41. The molecule has 0 amide bonds. The van der Waals surface area contributed by atoms with Crippen LogP contribution in [0.1, 0.15) is 13.8 Å². The maximum absolute atomic E-state index is 11.1. The molecule has 0 saturated heterocycles. The van der Waals surface area contributed by atoms with Crippen molar-refractivity contribution in [2.24, 2.45) is 5.92 Å². The molecule has 7 nitrogen and oxygen atoms in total. The maximum Gasteiger partial charge on any atom is 0.278 e. The Morgan fingerprint density at radius 2 is 2.17 bits per heavy atom. The summed E-state index contributed by atoms with van der Waals surface area (Å²) in [4.78, 5) is 15.0. The van der Waals surface area contributed by atoms with Crippen molar-refractivity contribution in [1.82, 2.24) is 14.8 Å². The summed E-state index contributed by atoms with van der Waals surface area (Å²) < 4.78 is 1.87. The van der Waals surface area contributed by atoms with Crippen LogP contribution in [0.3, 0.4) is 0 Å². The monoisotopic (exact) mass is 311 g/mol. The molecule has 0 atom stereocenters. The summed E-state index contributed by atoms with van der Waals surface area (Å²) in [6.45, 7) is 5.09. The van der Waals surface area contributed by atoms with E-state index in [4.69, 9.17) is 0 Å². The lowest BCUT2D eigenvalue weighted by Gasteiger charge is -2.08. The number of hydrogen-bond donors (Lipinski definition) is 1. The van der Waals surface area contributed by atoms with Crippen molar-refractivity contribution in [3.63, 3.8) is 0 Å². The van der Waals surface area contributed by atoms with E-state index in [0.717, 1.165) is 17.9 Å². The van der Waals surface area contributed by atoms with Gasteiger partial charge in [0.25, 0.3) is 5.69 Å². The van der Waals surface area contributed by atoms with E-state index < -0.39 is 4.92 Å². The number of rotatable bonds is 5. The van der Waals surface area contributed by atoms with Gasteiger partial charge in [0.1, 0.15) is 5.52 Å². The molecule has 1 aromatic carbocycles. The van der Waals surface area contributed by atoms with Crippen LogP contribution in [0.15, 0.2) is 42.9 Å². The molecule has 3 rings (SSSR count). The fourth-order valence-electron chi connectivity index (χ4n) is 2.48. The highest BCUT2D eigenvalue weighted by Gasteiger charge is 2.15. The molecule has 118 valence electrons. The normalized spacial score (nSPS) is 11.1. The fourth-order valence-corrected chi connectivity index (χ4v) is 2.48. The van der Waals surface area contributed by atoms with Crippen LogP contribution in [0.25, 0.3) is 10.9 Å². The summed E-state index contributed by atoms with van der Waals surface area (Å²) in [5.74, 6) is 0.504. The molecule has 2 aromatic heterocycles. The van der Waals surface area contributed by atoms with Crippen LogP contribution in [0.5, 0.6) is 0 Å². The van der Waals surface area contributed by atoms with Crippen LogP contribution < -0.4 is 5.32 Å². The van der Waals surface area contributed by atoms with E-state index in [1.807, 2.05) is 10.9 Å². The second kappa shape index (κ2) is 6.04. The molecule has 0 unspecified atom stereocenters. The number of benzene rings is 1. The second-order valence-corrected chi connectivity index (χ2v) is 5.76. The van der Waals surface area contributed by atoms with Gasteiger partial charge in [0.2, 0.25) is 0 Å². The summed E-state index contributed by atoms with van der Waals surface area (Å²) in [5.41, 5.74) is 2.16. The van der Waals surface area contributed by atoms with Crippen LogP contribution in [0.2, 0.25) is 0 Å². The number of aromatic nitrogens is 3. The first kappa shape index (κ1) is 15.0. The lowest BCUT2D eigenvalue weighted by molar-refractivity contribution is -0.383. The Kier molecular flexibility index (Phi) is 3.92. The highest BCUT2D eigenvalue weighted by Crippen LogP contribution is 2.31. The number of nitro groups is 1. The molecule has 0 bridgehead atoms. The first-order chi connectivity index (χ1) is 11.0. The molecule has 0 fully saturated rings. The zero-order valence-electron chi connectivity index (χ0n) is 12.9. The molecule has 0 spiro atoms. The fraction of sp³-hybridized carbons (Fsp3) is 0.250. The van der Waals surface area contributed by atoms with Crippen molar-refractivity contribution in [3.8, 4) is 0 Å². The molecule has 1 N–H and O–H groups in total. The summed E-state index contributed by atoms with van der Waals surface area (Å²) in [6, 6.07) is 6.56. The summed E-state index contributed by atoms with van der Waals surface area (Å²) in [6.07, 6.45) is 5.27. The maximum atomic E-state index is 11.1. The molecule has 2 heterocycles. The molecule has 3 aromatic rings. The van der Waals surface area contributed by atoms with E-state index in [2.05, 4.69) is 29.2 Å². The van der Waals surface area contributed by atoms with Crippen LogP contribution in [-0.4, -0.2) is 19.7 Å². The Morgan fingerprint density at radius 1 is 1.35 bits per heavy atom. The van der Waals surface area contributed by atoms with Gasteiger partial charge in [0, 0.05) is 25.0 Å². The molecule has 0 saturated carbocycles. The van der Waals surface area contributed by atoms with E-state index in [1.54, 1.807) is 30.6 Å². The SMILES string of the molecule is CC(C)Cn1cc(Nc2ccc([N+](=O)[O-])c3cccnc23)cn1. The third kappa shape index (κ3) is 3.13. The Bertz CT molecular complexity index is 857. The van der Waals surface area contributed by atoms with Gasteiger partial charge in [0.15, 0.2) is 0 Å². The van der Waals surface area contributed by atoms with Crippen LogP contribution >= 0.6 is 0 Å². The van der Waals surface area contributed by atoms with Crippen molar-refractivity contribution in [2.75, 3.05) is 5.32 Å². The van der Waals surface area contributed by atoms with Gasteiger partial charge in [-0.15, -0.1) is 0 Å². The number of fused-ring (bicyclic) bond motifs is 1. The molecule has 0 radical (unpaired) electrons. The van der Waals surface area contributed by atoms with Gasteiger partial charge in [-0.05, 0) is 24.1 Å². The van der Waals surface area contributed by atoms with Gasteiger partial charge in [-0.3, -0.25) is 19.8 Å². The Labute approximate surface area is 133 Å². The van der Waals surface area contributed by atoms with Gasteiger partial charge in [0.05, 0.1) is 27.9 Å². The lowest BCUT2D eigenvalue weighted by atomic mass is 10.1. The van der Waals surface area contributed by atoms with Gasteiger partial charge in [-0.2, -0.15) is 5.10 Å². The third-order valence-corrected chi connectivity index (χ3v) is 3.41. The summed E-state index contributed by atoms with van der Waals surface area (Å²) >= 11 is 0. The number of hydrogen-bond acceptors (Lipinski definition) is 5. The quantitative estimate of drug-likeness (QED) is 0.573. The minimum atomic E-state index is -0.394. The van der Waals surface area contributed by atoms with Crippen LogP contribution in [-0.2, 0) is 6.54 Å². The van der Waals surface area contributed by atoms with E-state index >= 15 is 0 Å². The van der Waals surface area contributed by atoms with E-state index in [0.29, 0.717) is 16.8 Å². The zero-order valence-corrected chi connectivity index (χ0v) is 12.9. The predicted octanol–water partition coefficient (Wildman–Crippen LogP) is 3.74. The van der Waals surface area contributed by atoms with E-state index in [-0.39, 0.29) is 5.69 Å². The van der Waals surface area contributed by atoms with Gasteiger partial charge >= 0.3 is 0 Å². The molecule has 0 aliphatic rings. The highest BCUT2D eigenvalue weighted by atomic mass is 16.6. The standard InChI is InChI=1S/C16H17N5O2/c1-11(2)9-20-10-12(8-18-20)19-14-5-6-15(21(22)23)13-4-3-7-17-16(13)14/h3-8,10-11,19H,9H2,1-2H3. The van der Waals surface area contributed by atoms with Crippen molar-refractivity contribution in [1.29, 1.82) is 0 Å². The highest BCUT2D eigenvalue weighted by molar-refractivity contribution is 5.97. The first-order valence-corrected chi connectivity index (χ1v) is 7.36. The minimum Gasteiger partial charge on any atom is -0.351 e. The Balaban J connectivity index is 1.96. The second-order valence-electron chi connectivity index (χ2n) is 5.76. The van der Waals surface area contributed by atoms with Gasteiger partial charge < -0.3 is 5.32 Å². The average molecular weight is 311 g/mol. The molecular weight excluding hydrogens is 294 g/mol. The molecule has 0 aliphatic heterocycles. The molecule has 0 aliphatic carbocycles. The number of non-ortho nitro benzene ring substituents is 1. The first-order valence-electron chi connectivity index (χ1n) is 7.36. The Hall–Kier alpha value is -2.96. The Morgan fingerprint density at radius 3 is 2.91 bits per heavy atom. The van der Waals surface area contributed by atoms with Crippen LogP contribution in [0.4, 0.5) is 17.1 Å². The van der Waals surface area contributed by atoms with E-state index in [1.165, 1.54) is 6.07 Å². The average Bonchev–Trinajstić information content (AvgIpc) is 2.93. The zero-order chi connectivity index (χ0) is 16.4. The smallest absolute Gasteiger partial charge is 0.278 e. The van der Waals surface area contributed by atoms with E-state index in [9.17, 15) is 10.1 Å². The van der Waals surface area contributed by atoms with Gasteiger partial charge in [-0.25, -0.2) is 0 Å². The van der Waals surface area contributed by atoms with Gasteiger partial charge in [-0.1, -0.05) is 13.8 Å². The van der Waals surface area contributed by atoms with Crippen LogP contribution in [0, 0.1) is 16.0 Å². The summed E-state index contributed by atoms with van der Waals surface area (Å²) in [5, 5.41) is 19.2. The number of nitro benzene ring substituents is 1. The number of pyridine rings is 1. The van der Waals surface area contributed by atoms with Crippen molar-refractivity contribution < 1.29 is 4.92 Å². The number of nitrogens with zero attached hydrogens (tertiary/aromatic N) is 4. The predicted molar refractivity (Wildman–Crippen MR) is 88.7 cm³/mol. The minimum absolute atomic E-state index is 0.0501. The van der Waals surface area contributed by atoms with Crippen molar-refractivity contribution in [3.05, 3.63) is 53.0 Å². The topological polar surface area (TPSA) is 85.9 Å². The summed E-state index contributed by atoms with van der Waals surface area (Å²) in [7, 11) is 0. The lowest BCUT2D eigenvalue weighted by Crippen LogP contribution is -2.04. The molecule has 7 heteroatoms. The number of nitrogens with one attached hydrogen (secondary N) is 1.